The minimum Gasteiger partial charge on any atom is -0.480 e. The topological polar surface area (TPSA) is 66.4 Å². The first-order valence-corrected chi connectivity index (χ1v) is 5.24. The highest BCUT2D eigenvalue weighted by molar-refractivity contribution is 7.99. The van der Waals surface area contributed by atoms with E-state index in [9.17, 15) is 9.59 Å². The molecule has 0 bridgehead atoms. The molecule has 0 spiro atoms. The van der Waals surface area contributed by atoms with Gasteiger partial charge in [-0.2, -0.15) is 0 Å². The van der Waals surface area contributed by atoms with Crippen LogP contribution in [-0.2, 0) is 9.59 Å². The van der Waals surface area contributed by atoms with Gasteiger partial charge in [-0.15, -0.1) is 18.2 Å². The fraction of sp³-hybridized carbons (Fsp3) is 0.556. The van der Waals surface area contributed by atoms with Gasteiger partial charge >= 0.3 is 5.97 Å². The van der Waals surface area contributed by atoms with Crippen LogP contribution in [0.25, 0.3) is 0 Å². The zero-order valence-corrected chi connectivity index (χ0v) is 8.76. The first kappa shape index (κ1) is 12.8. The number of aliphatic carboxylic acids is 1. The number of terminal acetylenes is 1. The van der Waals surface area contributed by atoms with E-state index in [1.54, 1.807) is 0 Å². The average Bonchev–Trinajstić information content (AvgIpc) is 2.09. The van der Waals surface area contributed by atoms with Gasteiger partial charge in [-0.05, 0) is 12.2 Å². The SMILES string of the molecule is C#CCSCCC(NC(C)=O)C(=O)O. The predicted octanol–water partition coefficient (Wildman–Crippen LogP) is 0.332. The molecule has 0 radical (unpaired) electrons. The second-order valence-corrected chi connectivity index (χ2v) is 3.74. The number of carboxylic acids is 1. The van der Waals surface area contributed by atoms with Crippen molar-refractivity contribution in [1.29, 1.82) is 0 Å². The highest BCUT2D eigenvalue weighted by atomic mass is 32.2. The molecule has 0 aliphatic heterocycles. The average molecular weight is 215 g/mol. The van der Waals surface area contributed by atoms with Crippen molar-refractivity contribution in [1.82, 2.24) is 5.32 Å². The lowest BCUT2D eigenvalue weighted by atomic mass is 10.2. The van der Waals surface area contributed by atoms with Crippen molar-refractivity contribution in [3.8, 4) is 12.3 Å². The molecule has 1 amide bonds. The van der Waals surface area contributed by atoms with Gasteiger partial charge in [0.15, 0.2) is 0 Å². The zero-order valence-electron chi connectivity index (χ0n) is 7.95. The number of amides is 1. The predicted molar refractivity (Wildman–Crippen MR) is 56.0 cm³/mol. The Labute approximate surface area is 87.4 Å². The summed E-state index contributed by atoms with van der Waals surface area (Å²) < 4.78 is 0. The van der Waals surface area contributed by atoms with E-state index < -0.39 is 12.0 Å². The standard InChI is InChI=1S/C9H13NO3S/c1-3-5-14-6-4-8(9(12)13)10-7(2)11/h1,8H,4-6H2,2H3,(H,10,11)(H,12,13). The Morgan fingerprint density at radius 2 is 2.29 bits per heavy atom. The monoisotopic (exact) mass is 215 g/mol. The summed E-state index contributed by atoms with van der Waals surface area (Å²) in [7, 11) is 0. The molecule has 1 atom stereocenters. The summed E-state index contributed by atoms with van der Waals surface area (Å²) in [5.41, 5.74) is 0. The molecule has 0 fully saturated rings. The summed E-state index contributed by atoms with van der Waals surface area (Å²) in [5, 5.41) is 11.1. The summed E-state index contributed by atoms with van der Waals surface area (Å²) in [6, 6.07) is -0.808. The van der Waals surface area contributed by atoms with Gasteiger partial charge in [0.1, 0.15) is 6.04 Å². The molecule has 0 heterocycles. The fourth-order valence-electron chi connectivity index (χ4n) is 0.835. The van der Waals surface area contributed by atoms with Crippen LogP contribution in [0.3, 0.4) is 0 Å². The summed E-state index contributed by atoms with van der Waals surface area (Å²) in [6.45, 7) is 1.30. The Bertz CT molecular complexity index is 247. The van der Waals surface area contributed by atoms with Crippen molar-refractivity contribution in [3.63, 3.8) is 0 Å². The normalized spacial score (nSPS) is 11.4. The number of carbonyl (C=O) groups is 2. The number of nitrogens with one attached hydrogen (secondary N) is 1. The van der Waals surface area contributed by atoms with Gasteiger partial charge in [0.05, 0.1) is 5.75 Å². The van der Waals surface area contributed by atoms with Crippen molar-refractivity contribution in [3.05, 3.63) is 0 Å². The first-order chi connectivity index (χ1) is 6.57. The van der Waals surface area contributed by atoms with Crippen molar-refractivity contribution in [2.24, 2.45) is 0 Å². The Hall–Kier alpha value is -1.15. The molecule has 78 valence electrons. The Morgan fingerprint density at radius 1 is 1.64 bits per heavy atom. The fourth-order valence-corrected chi connectivity index (χ4v) is 1.50. The number of carbonyl (C=O) groups excluding carboxylic acids is 1. The lowest BCUT2D eigenvalue weighted by Crippen LogP contribution is -2.39. The van der Waals surface area contributed by atoms with Crippen LogP contribution >= 0.6 is 11.8 Å². The van der Waals surface area contributed by atoms with Crippen molar-refractivity contribution in [2.45, 2.75) is 19.4 Å². The van der Waals surface area contributed by atoms with Gasteiger partial charge in [0.25, 0.3) is 0 Å². The van der Waals surface area contributed by atoms with Gasteiger partial charge in [-0.3, -0.25) is 4.79 Å². The molecule has 0 aromatic rings. The van der Waals surface area contributed by atoms with Crippen LogP contribution in [0.4, 0.5) is 0 Å². The van der Waals surface area contributed by atoms with E-state index in [0.29, 0.717) is 17.9 Å². The van der Waals surface area contributed by atoms with Crippen LogP contribution < -0.4 is 5.32 Å². The molecule has 0 aliphatic rings. The van der Waals surface area contributed by atoms with E-state index in [0.717, 1.165) is 0 Å². The maximum absolute atomic E-state index is 10.6. The molecule has 0 saturated heterocycles. The number of rotatable bonds is 6. The third-order valence-corrected chi connectivity index (χ3v) is 2.31. The van der Waals surface area contributed by atoms with Crippen molar-refractivity contribution in [2.75, 3.05) is 11.5 Å². The minimum atomic E-state index is -1.01. The van der Waals surface area contributed by atoms with E-state index in [2.05, 4.69) is 11.2 Å². The second kappa shape index (κ2) is 7.27. The third-order valence-electron chi connectivity index (χ3n) is 1.41. The van der Waals surface area contributed by atoms with Gasteiger partial charge < -0.3 is 10.4 Å². The van der Waals surface area contributed by atoms with Gasteiger partial charge in [-0.25, -0.2) is 4.79 Å². The highest BCUT2D eigenvalue weighted by Crippen LogP contribution is 2.04. The smallest absolute Gasteiger partial charge is 0.326 e. The third kappa shape index (κ3) is 6.38. The minimum absolute atomic E-state index is 0.334. The van der Waals surface area contributed by atoms with Crippen LogP contribution in [0.2, 0.25) is 0 Å². The Kier molecular flexibility index (Phi) is 6.68. The van der Waals surface area contributed by atoms with E-state index in [1.165, 1.54) is 18.7 Å². The number of hydrogen-bond donors (Lipinski definition) is 2. The van der Waals surface area contributed by atoms with Gasteiger partial charge in [-0.1, -0.05) is 5.92 Å². The molecule has 5 heteroatoms. The molecule has 0 aliphatic carbocycles. The van der Waals surface area contributed by atoms with Crippen LogP contribution in [0.1, 0.15) is 13.3 Å². The van der Waals surface area contributed by atoms with Gasteiger partial charge in [0.2, 0.25) is 5.91 Å². The molecule has 0 aromatic carbocycles. The molecule has 0 rings (SSSR count). The highest BCUT2D eigenvalue weighted by Gasteiger charge is 2.17. The molecule has 14 heavy (non-hydrogen) atoms. The lowest BCUT2D eigenvalue weighted by molar-refractivity contribution is -0.141. The molecule has 0 saturated carbocycles. The second-order valence-electron chi connectivity index (χ2n) is 2.64. The first-order valence-electron chi connectivity index (χ1n) is 4.09. The summed E-state index contributed by atoms with van der Waals surface area (Å²) >= 11 is 1.48. The molecular weight excluding hydrogens is 202 g/mol. The van der Waals surface area contributed by atoms with E-state index >= 15 is 0 Å². The maximum Gasteiger partial charge on any atom is 0.326 e. The van der Waals surface area contributed by atoms with E-state index in [-0.39, 0.29) is 5.91 Å². The lowest BCUT2D eigenvalue weighted by Gasteiger charge is -2.11. The molecule has 1 unspecified atom stereocenters. The number of thioether (sulfide) groups is 1. The van der Waals surface area contributed by atoms with E-state index in [4.69, 9.17) is 11.5 Å². The molecular formula is C9H13NO3S. The quantitative estimate of drug-likeness (QED) is 0.495. The molecule has 2 N–H and O–H groups in total. The van der Waals surface area contributed by atoms with Gasteiger partial charge in [0, 0.05) is 6.92 Å². The van der Waals surface area contributed by atoms with Crippen LogP contribution in [-0.4, -0.2) is 34.5 Å². The van der Waals surface area contributed by atoms with Crippen LogP contribution in [0.15, 0.2) is 0 Å². The van der Waals surface area contributed by atoms with Crippen LogP contribution in [0, 0.1) is 12.3 Å². The van der Waals surface area contributed by atoms with E-state index in [1.807, 2.05) is 0 Å². The number of carboxylic acid groups (broad SMARTS) is 1. The Balaban J connectivity index is 3.81. The Morgan fingerprint density at radius 3 is 2.71 bits per heavy atom. The zero-order chi connectivity index (χ0) is 11.0. The number of hydrogen-bond acceptors (Lipinski definition) is 3. The summed E-state index contributed by atoms with van der Waals surface area (Å²) in [6.07, 6.45) is 5.42. The van der Waals surface area contributed by atoms with Crippen molar-refractivity contribution < 1.29 is 14.7 Å². The molecule has 4 nitrogen and oxygen atoms in total. The molecule has 0 aromatic heterocycles. The van der Waals surface area contributed by atoms with Crippen LogP contribution in [0.5, 0.6) is 0 Å². The largest absolute Gasteiger partial charge is 0.480 e. The summed E-state index contributed by atoms with van der Waals surface area (Å²) in [4.78, 5) is 21.3. The maximum atomic E-state index is 10.6. The summed E-state index contributed by atoms with van der Waals surface area (Å²) in [5.74, 6) is 2.28. The van der Waals surface area contributed by atoms with Crippen molar-refractivity contribution >= 4 is 23.6 Å².